The quantitative estimate of drug-likeness (QED) is 0.278. The number of carbonyl (C=O) groups excluding carboxylic acids is 1. The van der Waals surface area contributed by atoms with E-state index in [2.05, 4.69) is 26.5 Å². The molecule has 0 aliphatic carbocycles. The molecule has 9 nitrogen and oxygen atoms in total. The van der Waals surface area contributed by atoms with Crippen molar-refractivity contribution in [1.82, 2.24) is 19.9 Å². The van der Waals surface area contributed by atoms with E-state index in [0.29, 0.717) is 66.2 Å². The molecular weight excluding hydrogens is 583 g/mol. The number of hydrogen-bond acceptors (Lipinski definition) is 9. The summed E-state index contributed by atoms with van der Waals surface area (Å²) >= 11 is 1.39. The molecule has 1 atom stereocenters. The molecule has 5 rings (SSSR count). The number of anilines is 1. The number of carboxylic acid groups (broad SMARTS) is 1. The average Bonchev–Trinajstić information content (AvgIpc) is 3.58. The van der Waals surface area contributed by atoms with Gasteiger partial charge >= 0.3 is 12.3 Å². The van der Waals surface area contributed by atoms with Crippen molar-refractivity contribution < 1.29 is 32.6 Å². The molecular formula is C30H34F3N5O4S. The molecule has 43 heavy (non-hydrogen) atoms. The van der Waals surface area contributed by atoms with E-state index in [4.69, 9.17) is 4.98 Å². The number of carboxylic acids is 1. The minimum atomic E-state index is -4.82. The summed E-state index contributed by atoms with van der Waals surface area (Å²) in [7, 11) is 0. The standard InChI is InChI=1S/C30H34F3N5O4S/c1-3-21-5-4-8-38(21)17-25-28(20-11-18(2)12-22(13-20)42-30(31,32)33)36-27(43-25)14-24(39)23-15-35-26(16-34-23)37-9-6-19(7-10-37)29(40)41/h11-13,15-16,19,21H,3-10,14,17H2,1-2H3,(H,40,41)/t21-/m1/s1. The van der Waals surface area contributed by atoms with Crippen LogP contribution in [0.1, 0.15) is 65.0 Å². The molecule has 0 saturated carbocycles. The molecule has 0 unspecified atom stereocenters. The number of rotatable bonds is 10. The highest BCUT2D eigenvalue weighted by Crippen LogP contribution is 2.36. The molecule has 0 amide bonds. The van der Waals surface area contributed by atoms with Crippen LogP contribution >= 0.6 is 11.3 Å². The molecule has 2 aromatic heterocycles. The van der Waals surface area contributed by atoms with Crippen molar-refractivity contribution in [3.63, 3.8) is 0 Å². The normalized spacial score (nSPS) is 18.3. The highest BCUT2D eigenvalue weighted by Gasteiger charge is 2.32. The first-order valence-electron chi connectivity index (χ1n) is 14.4. The van der Waals surface area contributed by atoms with Gasteiger partial charge in [0.05, 0.1) is 30.4 Å². The number of halogens is 3. The van der Waals surface area contributed by atoms with Gasteiger partial charge in [0, 0.05) is 36.1 Å². The second-order valence-corrected chi connectivity index (χ2v) is 12.3. The Bertz CT molecular complexity index is 1450. The third-order valence-corrected chi connectivity index (χ3v) is 9.06. The van der Waals surface area contributed by atoms with Gasteiger partial charge in [-0.25, -0.2) is 15.0 Å². The number of ketones is 1. The molecule has 1 N–H and O–H groups in total. The number of benzene rings is 1. The largest absolute Gasteiger partial charge is 0.573 e. The lowest BCUT2D eigenvalue weighted by Gasteiger charge is -2.30. The highest BCUT2D eigenvalue weighted by molar-refractivity contribution is 7.12. The molecule has 2 aliphatic rings. The lowest BCUT2D eigenvalue weighted by molar-refractivity contribution is -0.274. The summed E-state index contributed by atoms with van der Waals surface area (Å²) < 4.78 is 43.2. The van der Waals surface area contributed by atoms with E-state index < -0.39 is 12.3 Å². The van der Waals surface area contributed by atoms with Crippen LogP contribution in [0.5, 0.6) is 5.75 Å². The summed E-state index contributed by atoms with van der Waals surface area (Å²) in [4.78, 5) is 43.2. The molecule has 1 aromatic carbocycles. The summed E-state index contributed by atoms with van der Waals surface area (Å²) in [6.45, 7) is 6.47. The van der Waals surface area contributed by atoms with E-state index in [-0.39, 0.29) is 29.6 Å². The van der Waals surface area contributed by atoms with Crippen LogP contribution in [0, 0.1) is 12.8 Å². The van der Waals surface area contributed by atoms with Gasteiger partial charge in [0.25, 0.3) is 0 Å². The maximum Gasteiger partial charge on any atom is 0.573 e. The maximum atomic E-state index is 13.2. The monoisotopic (exact) mass is 617 g/mol. The van der Waals surface area contributed by atoms with Crippen LogP contribution in [0.4, 0.5) is 19.0 Å². The fraction of sp³-hybridized carbons (Fsp3) is 0.500. The Morgan fingerprint density at radius 1 is 1.09 bits per heavy atom. The van der Waals surface area contributed by atoms with Crippen molar-refractivity contribution >= 4 is 28.9 Å². The third-order valence-electron chi connectivity index (χ3n) is 8.02. The lowest BCUT2D eigenvalue weighted by Crippen LogP contribution is -2.36. The SMILES string of the molecule is CC[C@@H]1CCCN1Cc1sc(CC(=O)c2cnc(N3CCC(C(=O)O)CC3)cn2)nc1-c1cc(C)cc(OC(F)(F)F)c1. The maximum absolute atomic E-state index is 13.2. The predicted octanol–water partition coefficient (Wildman–Crippen LogP) is 5.91. The van der Waals surface area contributed by atoms with Gasteiger partial charge in [0.2, 0.25) is 0 Å². The van der Waals surface area contributed by atoms with Gasteiger partial charge in [-0.1, -0.05) is 6.92 Å². The van der Waals surface area contributed by atoms with Crippen LogP contribution < -0.4 is 9.64 Å². The van der Waals surface area contributed by atoms with E-state index in [1.807, 2.05) is 4.90 Å². The molecule has 13 heteroatoms. The van der Waals surface area contributed by atoms with Gasteiger partial charge in [-0.3, -0.25) is 14.5 Å². The third kappa shape index (κ3) is 7.69. The van der Waals surface area contributed by atoms with Crippen molar-refractivity contribution in [1.29, 1.82) is 0 Å². The number of aryl methyl sites for hydroxylation is 1. The Morgan fingerprint density at radius 3 is 2.51 bits per heavy atom. The Kier molecular flexibility index (Phi) is 9.30. The summed E-state index contributed by atoms with van der Waals surface area (Å²) in [5, 5.41) is 9.76. The van der Waals surface area contributed by atoms with Gasteiger partial charge < -0.3 is 14.7 Å². The number of hydrogen-bond donors (Lipinski definition) is 1. The van der Waals surface area contributed by atoms with Crippen molar-refractivity contribution in [2.24, 2.45) is 5.92 Å². The average molecular weight is 618 g/mol. The highest BCUT2D eigenvalue weighted by atomic mass is 32.1. The number of alkyl halides is 3. The molecule has 0 spiro atoms. The number of ether oxygens (including phenoxy) is 1. The van der Waals surface area contributed by atoms with Crippen molar-refractivity contribution in [3.05, 3.63) is 51.7 Å². The van der Waals surface area contributed by atoms with E-state index in [1.165, 1.54) is 35.9 Å². The first-order chi connectivity index (χ1) is 20.5. The first-order valence-corrected chi connectivity index (χ1v) is 15.2. The van der Waals surface area contributed by atoms with E-state index in [1.54, 1.807) is 13.0 Å². The number of piperidine rings is 1. The van der Waals surface area contributed by atoms with Gasteiger partial charge in [-0.05, 0) is 69.3 Å². The van der Waals surface area contributed by atoms with Gasteiger partial charge in [0.1, 0.15) is 22.3 Å². The second-order valence-electron chi connectivity index (χ2n) is 11.1. The minimum Gasteiger partial charge on any atom is -0.481 e. The van der Waals surface area contributed by atoms with Crippen LogP contribution in [-0.2, 0) is 17.8 Å². The second kappa shape index (κ2) is 13.0. The fourth-order valence-corrected chi connectivity index (χ4v) is 6.96. The number of Topliss-reactive ketones (excluding diaryl/α,β-unsaturated/α-hetero) is 1. The summed E-state index contributed by atoms with van der Waals surface area (Å²) in [6, 6.07) is 4.87. The van der Waals surface area contributed by atoms with Crippen molar-refractivity contribution in [2.45, 2.75) is 71.3 Å². The Hall–Kier alpha value is -3.58. The molecule has 4 heterocycles. The topological polar surface area (TPSA) is 109 Å². The number of aliphatic carboxylic acids is 1. The smallest absolute Gasteiger partial charge is 0.481 e. The molecule has 230 valence electrons. The van der Waals surface area contributed by atoms with Gasteiger partial charge in [-0.2, -0.15) is 0 Å². The molecule has 2 aliphatic heterocycles. The summed E-state index contributed by atoms with van der Waals surface area (Å²) in [5.41, 5.74) is 1.84. The van der Waals surface area contributed by atoms with Gasteiger partial charge in [-0.15, -0.1) is 24.5 Å². The number of carbonyl (C=O) groups is 2. The molecule has 0 bridgehead atoms. The number of nitrogens with zero attached hydrogens (tertiary/aromatic N) is 5. The fourth-order valence-electron chi connectivity index (χ4n) is 5.85. The Labute approximate surface area is 251 Å². The Balaban J connectivity index is 1.36. The van der Waals surface area contributed by atoms with E-state index in [9.17, 15) is 27.9 Å². The summed E-state index contributed by atoms with van der Waals surface area (Å²) in [6.07, 6.45) is 2.33. The van der Waals surface area contributed by atoms with Crippen molar-refractivity contribution in [3.8, 4) is 17.0 Å². The summed E-state index contributed by atoms with van der Waals surface area (Å²) in [5.74, 6) is -1.14. The molecule has 2 fully saturated rings. The van der Waals surface area contributed by atoms with Crippen LogP contribution in [0.15, 0.2) is 30.6 Å². The first kappa shape index (κ1) is 30.9. The number of aromatic nitrogens is 3. The molecule has 2 saturated heterocycles. The zero-order valence-corrected chi connectivity index (χ0v) is 24.9. The zero-order valence-electron chi connectivity index (χ0n) is 24.1. The molecule has 3 aromatic rings. The van der Waals surface area contributed by atoms with Gasteiger partial charge in [0.15, 0.2) is 5.78 Å². The number of likely N-dealkylation sites (tertiary alicyclic amines) is 1. The Morgan fingerprint density at radius 2 is 1.86 bits per heavy atom. The zero-order chi connectivity index (χ0) is 30.7. The molecule has 0 radical (unpaired) electrons. The van der Waals surface area contributed by atoms with Crippen LogP contribution in [0.2, 0.25) is 0 Å². The van der Waals surface area contributed by atoms with Crippen molar-refractivity contribution in [2.75, 3.05) is 24.5 Å². The van der Waals surface area contributed by atoms with Crippen LogP contribution in [-0.4, -0.2) is 68.7 Å². The van der Waals surface area contributed by atoms with Crippen LogP contribution in [0.25, 0.3) is 11.3 Å². The van der Waals surface area contributed by atoms with E-state index in [0.717, 1.165) is 30.7 Å². The van der Waals surface area contributed by atoms with Crippen LogP contribution in [0.3, 0.4) is 0 Å². The lowest BCUT2D eigenvalue weighted by atomic mass is 9.97. The predicted molar refractivity (Wildman–Crippen MR) is 155 cm³/mol. The number of thiazole rings is 1. The van der Waals surface area contributed by atoms with E-state index >= 15 is 0 Å². The minimum absolute atomic E-state index is 0.0232.